The van der Waals surface area contributed by atoms with Gasteiger partial charge in [-0.3, -0.25) is 0 Å². The van der Waals surface area contributed by atoms with Crippen LogP contribution in [0.15, 0.2) is 17.0 Å². The average Bonchev–Trinajstić information content (AvgIpc) is 3.11. The Kier molecular flexibility index (Phi) is 3.97. The van der Waals surface area contributed by atoms with Gasteiger partial charge in [-0.1, -0.05) is 13.8 Å². The van der Waals surface area contributed by atoms with Gasteiger partial charge in [0.05, 0.1) is 4.90 Å². The van der Waals surface area contributed by atoms with Crippen molar-refractivity contribution < 1.29 is 8.42 Å². The van der Waals surface area contributed by atoms with Crippen LogP contribution in [-0.4, -0.2) is 21.0 Å². The summed E-state index contributed by atoms with van der Waals surface area (Å²) in [6, 6.07) is 3.78. The number of nitrogens with zero attached hydrogens (tertiary/aromatic N) is 1. The molecule has 0 atom stereocenters. The van der Waals surface area contributed by atoms with Crippen LogP contribution in [-0.2, 0) is 10.0 Å². The summed E-state index contributed by atoms with van der Waals surface area (Å²) in [5.41, 5.74) is 7.88. The fraction of sp³-hybridized carbons (Fsp3) is 0.571. The van der Waals surface area contributed by atoms with E-state index in [1.165, 1.54) is 6.07 Å². The predicted octanol–water partition coefficient (Wildman–Crippen LogP) is 1.85. The standard InChI is InChI=1S/C14H23N3O2S/c1-9(2)8-17(12-4-5-12)13-6-11(15)7-14(10(13)3)20(16,18)19/h6-7,9,12H,4-5,8,15H2,1-3H3,(H2,16,18,19). The maximum absolute atomic E-state index is 11.7. The highest BCUT2D eigenvalue weighted by Gasteiger charge is 2.31. The number of anilines is 2. The Labute approximate surface area is 121 Å². The van der Waals surface area contributed by atoms with E-state index in [0.717, 1.165) is 25.1 Å². The maximum Gasteiger partial charge on any atom is 0.238 e. The van der Waals surface area contributed by atoms with Gasteiger partial charge in [0.2, 0.25) is 10.0 Å². The van der Waals surface area contributed by atoms with Gasteiger partial charge < -0.3 is 10.6 Å². The number of sulfonamides is 1. The number of nitrogen functional groups attached to an aromatic ring is 1. The molecule has 0 bridgehead atoms. The molecule has 20 heavy (non-hydrogen) atoms. The highest BCUT2D eigenvalue weighted by molar-refractivity contribution is 7.89. The van der Waals surface area contributed by atoms with Crippen LogP contribution in [0.2, 0.25) is 0 Å². The minimum Gasteiger partial charge on any atom is -0.399 e. The van der Waals surface area contributed by atoms with Crippen molar-refractivity contribution in [1.29, 1.82) is 0 Å². The molecule has 0 spiro atoms. The van der Waals surface area contributed by atoms with Crippen LogP contribution >= 0.6 is 0 Å². The molecule has 0 radical (unpaired) electrons. The molecule has 1 saturated carbocycles. The van der Waals surface area contributed by atoms with Crippen molar-refractivity contribution in [3.63, 3.8) is 0 Å². The zero-order valence-electron chi connectivity index (χ0n) is 12.3. The monoisotopic (exact) mass is 297 g/mol. The van der Waals surface area contributed by atoms with Crippen molar-refractivity contribution in [3.05, 3.63) is 17.7 Å². The molecule has 6 heteroatoms. The van der Waals surface area contributed by atoms with E-state index < -0.39 is 10.0 Å². The lowest BCUT2D eigenvalue weighted by Crippen LogP contribution is -2.31. The van der Waals surface area contributed by atoms with E-state index in [-0.39, 0.29) is 4.90 Å². The SMILES string of the molecule is Cc1c(N(CC(C)C)C2CC2)cc(N)cc1S(N)(=O)=O. The van der Waals surface area contributed by atoms with Crippen molar-refractivity contribution in [3.8, 4) is 0 Å². The maximum atomic E-state index is 11.7. The first-order chi connectivity index (χ1) is 9.20. The molecule has 1 aromatic carbocycles. The van der Waals surface area contributed by atoms with Crippen LogP contribution in [0, 0.1) is 12.8 Å². The molecule has 1 fully saturated rings. The summed E-state index contributed by atoms with van der Waals surface area (Å²) in [7, 11) is -3.75. The molecule has 4 N–H and O–H groups in total. The van der Waals surface area contributed by atoms with Crippen molar-refractivity contribution in [2.45, 2.75) is 44.6 Å². The molecule has 2 rings (SSSR count). The second-order valence-electron chi connectivity index (χ2n) is 5.99. The molecule has 0 saturated heterocycles. The lowest BCUT2D eigenvalue weighted by Gasteiger charge is -2.29. The molecular weight excluding hydrogens is 274 g/mol. The summed E-state index contributed by atoms with van der Waals surface area (Å²) in [5.74, 6) is 0.495. The highest BCUT2D eigenvalue weighted by atomic mass is 32.2. The summed E-state index contributed by atoms with van der Waals surface area (Å²) >= 11 is 0. The zero-order chi connectivity index (χ0) is 15.1. The number of rotatable bonds is 5. The van der Waals surface area contributed by atoms with E-state index in [2.05, 4.69) is 18.7 Å². The number of benzene rings is 1. The summed E-state index contributed by atoms with van der Waals surface area (Å²) in [6.07, 6.45) is 2.29. The molecule has 1 aliphatic carbocycles. The first kappa shape index (κ1) is 15.1. The van der Waals surface area contributed by atoms with Crippen molar-refractivity contribution in [2.75, 3.05) is 17.2 Å². The average molecular weight is 297 g/mol. The van der Waals surface area contributed by atoms with E-state index in [4.69, 9.17) is 10.9 Å². The van der Waals surface area contributed by atoms with Crippen LogP contribution in [0.5, 0.6) is 0 Å². The predicted molar refractivity (Wildman–Crippen MR) is 82.2 cm³/mol. The van der Waals surface area contributed by atoms with Crippen molar-refractivity contribution in [1.82, 2.24) is 0 Å². The molecule has 0 aromatic heterocycles. The van der Waals surface area contributed by atoms with Gasteiger partial charge in [-0.05, 0) is 43.4 Å². The Bertz CT molecular complexity index is 607. The smallest absolute Gasteiger partial charge is 0.238 e. The first-order valence-electron chi connectivity index (χ1n) is 6.89. The minimum atomic E-state index is -3.75. The third-order valence-electron chi connectivity index (χ3n) is 3.52. The van der Waals surface area contributed by atoms with Crippen molar-refractivity contribution >= 4 is 21.4 Å². The van der Waals surface area contributed by atoms with E-state index in [1.807, 2.05) is 6.07 Å². The lowest BCUT2D eigenvalue weighted by molar-refractivity contribution is 0.595. The molecular formula is C14H23N3O2S. The topological polar surface area (TPSA) is 89.4 Å². The minimum absolute atomic E-state index is 0.127. The van der Waals surface area contributed by atoms with Crippen LogP contribution in [0.4, 0.5) is 11.4 Å². The fourth-order valence-electron chi connectivity index (χ4n) is 2.51. The van der Waals surface area contributed by atoms with Gasteiger partial charge in [-0.15, -0.1) is 0 Å². The van der Waals surface area contributed by atoms with Crippen LogP contribution in [0.1, 0.15) is 32.3 Å². The summed E-state index contributed by atoms with van der Waals surface area (Å²) in [4.78, 5) is 2.40. The normalized spacial score (nSPS) is 15.7. The lowest BCUT2D eigenvalue weighted by atomic mass is 10.1. The Balaban J connectivity index is 2.52. The zero-order valence-corrected chi connectivity index (χ0v) is 13.1. The molecule has 0 aliphatic heterocycles. The van der Waals surface area contributed by atoms with Crippen LogP contribution in [0.3, 0.4) is 0 Å². The van der Waals surface area contributed by atoms with Crippen LogP contribution in [0.25, 0.3) is 0 Å². The Morgan fingerprint density at radius 3 is 2.40 bits per heavy atom. The fourth-order valence-corrected chi connectivity index (χ4v) is 3.34. The second kappa shape index (κ2) is 5.26. The van der Waals surface area contributed by atoms with Gasteiger partial charge in [0.1, 0.15) is 0 Å². The molecule has 0 unspecified atom stereocenters. The number of hydrogen-bond donors (Lipinski definition) is 2. The second-order valence-corrected chi connectivity index (χ2v) is 7.52. The van der Waals surface area contributed by atoms with Gasteiger partial charge in [0, 0.05) is 24.0 Å². The number of nitrogens with two attached hydrogens (primary N) is 2. The van der Waals surface area contributed by atoms with Crippen molar-refractivity contribution in [2.24, 2.45) is 11.1 Å². The van der Waals surface area contributed by atoms with Gasteiger partial charge in [0.25, 0.3) is 0 Å². The van der Waals surface area contributed by atoms with E-state index in [9.17, 15) is 8.42 Å². The van der Waals surface area contributed by atoms with Gasteiger partial charge >= 0.3 is 0 Å². The Morgan fingerprint density at radius 1 is 1.35 bits per heavy atom. The Hall–Kier alpha value is -1.27. The van der Waals surface area contributed by atoms with Gasteiger partial charge in [-0.2, -0.15) is 0 Å². The summed E-state index contributed by atoms with van der Waals surface area (Å²) < 4.78 is 23.4. The molecule has 1 aromatic rings. The first-order valence-corrected chi connectivity index (χ1v) is 8.44. The Morgan fingerprint density at radius 2 is 1.95 bits per heavy atom. The molecule has 1 aliphatic rings. The van der Waals surface area contributed by atoms with E-state index in [0.29, 0.717) is 23.2 Å². The number of primary sulfonamides is 1. The van der Waals surface area contributed by atoms with Gasteiger partial charge in [0.15, 0.2) is 0 Å². The largest absolute Gasteiger partial charge is 0.399 e. The highest BCUT2D eigenvalue weighted by Crippen LogP contribution is 2.37. The molecule has 0 amide bonds. The third kappa shape index (κ3) is 3.24. The number of hydrogen-bond acceptors (Lipinski definition) is 4. The molecule has 5 nitrogen and oxygen atoms in total. The molecule has 112 valence electrons. The molecule has 0 heterocycles. The quantitative estimate of drug-likeness (QED) is 0.812. The summed E-state index contributed by atoms with van der Waals surface area (Å²) in [6.45, 7) is 6.98. The summed E-state index contributed by atoms with van der Waals surface area (Å²) in [5, 5.41) is 5.29. The van der Waals surface area contributed by atoms with E-state index in [1.54, 1.807) is 6.92 Å². The van der Waals surface area contributed by atoms with E-state index >= 15 is 0 Å². The third-order valence-corrected chi connectivity index (χ3v) is 4.56. The van der Waals surface area contributed by atoms with Crippen LogP contribution < -0.4 is 15.8 Å². The van der Waals surface area contributed by atoms with Gasteiger partial charge in [-0.25, -0.2) is 13.6 Å².